The molecule has 0 unspecified atom stereocenters. The number of carbonyl (C=O) groups excluding carboxylic acids is 2. The molecule has 0 saturated heterocycles. The molecule has 0 N–H and O–H groups in total. The minimum Gasteiger partial charge on any atom is -0.469 e. The average Bonchev–Trinajstić information content (AvgIpc) is 3.22. The Morgan fingerprint density at radius 2 is 2.04 bits per heavy atom. The van der Waals surface area contributed by atoms with E-state index in [-0.39, 0.29) is 12.5 Å². The summed E-state index contributed by atoms with van der Waals surface area (Å²) in [5, 5.41) is 5.65. The molecule has 1 aliphatic rings. The monoisotopic (exact) mass is 312 g/mol. The maximum atomic E-state index is 12.1. The van der Waals surface area contributed by atoms with Gasteiger partial charge in [0.05, 0.1) is 18.5 Å². The van der Waals surface area contributed by atoms with Crippen molar-refractivity contribution in [3.05, 3.63) is 59.5 Å². The van der Waals surface area contributed by atoms with E-state index < -0.39 is 5.97 Å². The number of hydrogen-bond donors (Lipinski definition) is 0. The summed E-state index contributed by atoms with van der Waals surface area (Å²) in [6.45, 7) is 1.82. The zero-order chi connectivity index (χ0) is 16.2. The van der Waals surface area contributed by atoms with Crippen LogP contribution in [0, 0.1) is 6.92 Å². The van der Waals surface area contributed by atoms with Gasteiger partial charge in [-0.25, -0.2) is 9.80 Å². The van der Waals surface area contributed by atoms with Crippen LogP contribution < -0.4 is 0 Å². The first-order chi connectivity index (χ1) is 11.1. The van der Waals surface area contributed by atoms with Gasteiger partial charge in [0, 0.05) is 6.42 Å². The largest absolute Gasteiger partial charge is 0.469 e. The van der Waals surface area contributed by atoms with Crippen LogP contribution in [-0.2, 0) is 9.53 Å². The Labute approximate surface area is 133 Å². The highest BCUT2D eigenvalue weighted by molar-refractivity contribution is 6.02. The highest BCUT2D eigenvalue weighted by Crippen LogP contribution is 2.14. The summed E-state index contributed by atoms with van der Waals surface area (Å²) in [5.41, 5.74) is 2.18. The highest BCUT2D eigenvalue weighted by atomic mass is 16.5. The molecule has 118 valence electrons. The predicted octanol–water partition coefficient (Wildman–Crippen LogP) is 2.38. The van der Waals surface area contributed by atoms with Crippen LogP contribution in [0.3, 0.4) is 0 Å². The molecule has 0 aliphatic carbocycles. The maximum absolute atomic E-state index is 12.1. The molecule has 0 bridgehead atoms. The first-order valence-electron chi connectivity index (χ1n) is 7.29. The predicted molar refractivity (Wildman–Crippen MR) is 83.0 cm³/mol. The van der Waals surface area contributed by atoms with Crippen LogP contribution in [0.5, 0.6) is 0 Å². The molecule has 1 aliphatic heterocycles. The molecular formula is C17H16N2O4. The molecule has 0 saturated carbocycles. The Morgan fingerprint density at radius 1 is 1.26 bits per heavy atom. The lowest BCUT2D eigenvalue weighted by Gasteiger charge is -2.11. The Hall–Kier alpha value is -2.89. The van der Waals surface area contributed by atoms with E-state index in [0.717, 1.165) is 11.3 Å². The normalized spacial score (nSPS) is 13.8. The van der Waals surface area contributed by atoms with Crippen molar-refractivity contribution in [3.8, 4) is 0 Å². The second kappa shape index (κ2) is 6.48. The van der Waals surface area contributed by atoms with Gasteiger partial charge in [0.15, 0.2) is 6.61 Å². The summed E-state index contributed by atoms with van der Waals surface area (Å²) in [7, 11) is 0. The fourth-order valence-corrected chi connectivity index (χ4v) is 2.35. The van der Waals surface area contributed by atoms with Crippen LogP contribution in [0.15, 0.2) is 52.2 Å². The van der Waals surface area contributed by atoms with Gasteiger partial charge in [-0.2, -0.15) is 5.10 Å². The smallest absolute Gasteiger partial charge is 0.342 e. The van der Waals surface area contributed by atoms with E-state index in [1.165, 1.54) is 17.3 Å². The van der Waals surface area contributed by atoms with Crippen LogP contribution in [-0.4, -0.2) is 35.7 Å². The second-order valence-electron chi connectivity index (χ2n) is 5.15. The second-order valence-corrected chi connectivity index (χ2v) is 5.15. The van der Waals surface area contributed by atoms with Crippen molar-refractivity contribution in [3.63, 3.8) is 0 Å². The average molecular weight is 312 g/mol. The summed E-state index contributed by atoms with van der Waals surface area (Å²) < 4.78 is 10.1. The van der Waals surface area contributed by atoms with Gasteiger partial charge >= 0.3 is 5.97 Å². The Morgan fingerprint density at radius 3 is 2.74 bits per heavy atom. The van der Waals surface area contributed by atoms with Crippen molar-refractivity contribution in [1.29, 1.82) is 0 Å². The molecule has 1 amide bonds. The van der Waals surface area contributed by atoms with Crippen molar-refractivity contribution in [2.75, 3.05) is 13.2 Å². The lowest BCUT2D eigenvalue weighted by atomic mass is 10.1. The number of esters is 1. The van der Waals surface area contributed by atoms with Gasteiger partial charge in [0.2, 0.25) is 0 Å². The fourth-order valence-electron chi connectivity index (χ4n) is 2.35. The van der Waals surface area contributed by atoms with Gasteiger partial charge in [-0.05, 0) is 18.6 Å². The van der Waals surface area contributed by atoms with Gasteiger partial charge in [-0.15, -0.1) is 0 Å². The quantitative estimate of drug-likeness (QED) is 0.813. The third-order valence-corrected chi connectivity index (χ3v) is 3.60. The van der Waals surface area contributed by atoms with Gasteiger partial charge in [0.1, 0.15) is 11.3 Å². The molecule has 0 radical (unpaired) electrons. The Bertz CT molecular complexity index is 749. The van der Waals surface area contributed by atoms with E-state index in [0.29, 0.717) is 24.3 Å². The molecule has 23 heavy (non-hydrogen) atoms. The van der Waals surface area contributed by atoms with Crippen molar-refractivity contribution in [2.45, 2.75) is 13.3 Å². The Kier molecular flexibility index (Phi) is 4.23. The zero-order valence-electron chi connectivity index (χ0n) is 12.7. The SMILES string of the molecule is Cc1occc1C(=O)OCC(=O)N1CCC(c2ccccc2)=N1. The number of hydrogen-bond acceptors (Lipinski definition) is 5. The summed E-state index contributed by atoms with van der Waals surface area (Å²) >= 11 is 0. The van der Waals surface area contributed by atoms with Crippen LogP contribution in [0.4, 0.5) is 0 Å². The van der Waals surface area contributed by atoms with E-state index >= 15 is 0 Å². The van der Waals surface area contributed by atoms with Crippen LogP contribution in [0.1, 0.15) is 28.1 Å². The minimum atomic E-state index is -0.573. The first-order valence-corrected chi connectivity index (χ1v) is 7.29. The zero-order valence-corrected chi connectivity index (χ0v) is 12.7. The summed E-state index contributed by atoms with van der Waals surface area (Å²) in [4.78, 5) is 23.9. The van der Waals surface area contributed by atoms with Gasteiger partial charge in [0.25, 0.3) is 5.91 Å². The number of amides is 1. The summed E-state index contributed by atoms with van der Waals surface area (Å²) in [5.74, 6) is -0.450. The Balaban J connectivity index is 1.58. The molecule has 3 rings (SSSR count). The first kappa shape index (κ1) is 15.0. The van der Waals surface area contributed by atoms with Crippen molar-refractivity contribution in [2.24, 2.45) is 5.10 Å². The molecule has 6 nitrogen and oxygen atoms in total. The molecule has 0 atom stereocenters. The standard InChI is InChI=1S/C17H16N2O4/c1-12-14(8-10-22-12)17(21)23-11-16(20)19-9-7-15(18-19)13-5-3-2-4-6-13/h2-6,8,10H,7,9,11H2,1H3. The molecule has 2 heterocycles. The molecular weight excluding hydrogens is 296 g/mol. The lowest BCUT2D eigenvalue weighted by Crippen LogP contribution is -2.28. The van der Waals surface area contributed by atoms with Crippen molar-refractivity contribution < 1.29 is 18.7 Å². The summed E-state index contributed by atoms with van der Waals surface area (Å²) in [6, 6.07) is 11.2. The number of aryl methyl sites for hydroxylation is 1. The van der Waals surface area contributed by atoms with Crippen LogP contribution in [0.25, 0.3) is 0 Å². The molecule has 2 aromatic rings. The van der Waals surface area contributed by atoms with Gasteiger partial charge < -0.3 is 9.15 Å². The molecule has 0 fully saturated rings. The molecule has 6 heteroatoms. The number of hydrazone groups is 1. The van der Waals surface area contributed by atoms with Gasteiger partial charge in [-0.1, -0.05) is 30.3 Å². The summed E-state index contributed by atoms with van der Waals surface area (Å²) in [6.07, 6.45) is 2.09. The lowest BCUT2D eigenvalue weighted by molar-refractivity contribution is -0.134. The number of nitrogens with zero attached hydrogens (tertiary/aromatic N) is 2. The number of rotatable bonds is 4. The topological polar surface area (TPSA) is 72.1 Å². The number of ether oxygens (including phenoxy) is 1. The number of furan rings is 1. The third kappa shape index (κ3) is 3.31. The molecule has 0 spiro atoms. The van der Waals surface area contributed by atoms with E-state index in [1.807, 2.05) is 30.3 Å². The number of carbonyl (C=O) groups is 2. The molecule has 1 aromatic heterocycles. The third-order valence-electron chi connectivity index (χ3n) is 3.60. The van der Waals surface area contributed by atoms with E-state index in [2.05, 4.69) is 5.10 Å². The number of benzene rings is 1. The van der Waals surface area contributed by atoms with E-state index in [1.54, 1.807) is 6.92 Å². The van der Waals surface area contributed by atoms with Crippen LogP contribution in [0.2, 0.25) is 0 Å². The van der Waals surface area contributed by atoms with Crippen LogP contribution >= 0.6 is 0 Å². The maximum Gasteiger partial charge on any atom is 0.342 e. The van der Waals surface area contributed by atoms with E-state index in [9.17, 15) is 9.59 Å². The van der Waals surface area contributed by atoms with E-state index in [4.69, 9.17) is 9.15 Å². The molecule has 1 aromatic carbocycles. The van der Waals surface area contributed by atoms with Crippen molar-refractivity contribution >= 4 is 17.6 Å². The fraction of sp³-hybridized carbons (Fsp3) is 0.235. The minimum absolute atomic E-state index is 0.327. The van der Waals surface area contributed by atoms with Crippen molar-refractivity contribution in [1.82, 2.24) is 5.01 Å². The van der Waals surface area contributed by atoms with Gasteiger partial charge in [-0.3, -0.25) is 4.79 Å². The highest BCUT2D eigenvalue weighted by Gasteiger charge is 2.23.